The molecule has 1 aliphatic rings. The van der Waals surface area contributed by atoms with E-state index in [9.17, 15) is 14.4 Å². The highest BCUT2D eigenvalue weighted by Crippen LogP contribution is 2.18. The Morgan fingerprint density at radius 2 is 1.97 bits per heavy atom. The molecule has 1 aromatic carbocycles. The van der Waals surface area contributed by atoms with Crippen LogP contribution >= 0.6 is 15.9 Å². The van der Waals surface area contributed by atoms with Crippen LogP contribution in [-0.4, -0.2) is 52.1 Å². The zero-order chi connectivity index (χ0) is 25.5. The topological polar surface area (TPSA) is 127 Å². The molecule has 4 N–H and O–H groups in total. The molecule has 9 nitrogen and oxygen atoms in total. The van der Waals surface area contributed by atoms with Crippen molar-refractivity contribution in [2.24, 2.45) is 5.73 Å². The van der Waals surface area contributed by atoms with Gasteiger partial charge < -0.3 is 15.8 Å². The number of nitrogens with one attached hydrogen (secondary N) is 2. The van der Waals surface area contributed by atoms with E-state index in [0.717, 1.165) is 22.1 Å². The number of fused-ring (bicyclic) bond motifs is 1. The molecule has 1 aromatic heterocycles. The molecular formula is C24H34BrN5O4. The number of pyridine rings is 1. The largest absolute Gasteiger partial charge is 0.444 e. The van der Waals surface area contributed by atoms with Crippen molar-refractivity contribution in [2.45, 2.75) is 71.6 Å². The summed E-state index contributed by atoms with van der Waals surface area (Å²) in [5.41, 5.74) is 9.57. The average molecular weight is 536 g/mol. The van der Waals surface area contributed by atoms with Gasteiger partial charge >= 0.3 is 6.09 Å². The van der Waals surface area contributed by atoms with E-state index < -0.39 is 29.7 Å². The van der Waals surface area contributed by atoms with Gasteiger partial charge in [-0.1, -0.05) is 35.0 Å². The monoisotopic (exact) mass is 535 g/mol. The molecule has 10 heteroatoms. The first-order chi connectivity index (χ1) is 15.9. The van der Waals surface area contributed by atoms with Crippen LogP contribution in [0.1, 0.15) is 53.2 Å². The number of alkyl carbamates (subject to hydrolysis) is 1. The van der Waals surface area contributed by atoms with E-state index in [1.165, 1.54) is 10.4 Å². The second-order valence-corrected chi connectivity index (χ2v) is 9.99. The Balaban J connectivity index is 0.000000266. The first-order valence-corrected chi connectivity index (χ1v) is 12.1. The molecule has 2 heterocycles. The maximum atomic E-state index is 12.2. The van der Waals surface area contributed by atoms with Crippen molar-refractivity contribution in [3.63, 3.8) is 0 Å². The third-order valence-corrected chi connectivity index (χ3v) is 5.47. The van der Waals surface area contributed by atoms with Crippen LogP contribution in [0.5, 0.6) is 0 Å². The van der Waals surface area contributed by atoms with Crippen molar-refractivity contribution in [2.75, 3.05) is 6.54 Å². The number of nitrogens with zero attached hydrogens (tertiary/aromatic N) is 2. The van der Waals surface area contributed by atoms with Crippen LogP contribution in [0.4, 0.5) is 4.79 Å². The van der Waals surface area contributed by atoms with Crippen molar-refractivity contribution in [1.29, 1.82) is 0 Å². The van der Waals surface area contributed by atoms with Crippen molar-refractivity contribution in [3.8, 4) is 0 Å². The Bertz CT molecular complexity index is 1020. The number of hydrogen-bond donors (Lipinski definition) is 3. The summed E-state index contributed by atoms with van der Waals surface area (Å²) in [6.07, 6.45) is 1.59. The fourth-order valence-electron chi connectivity index (χ4n) is 3.26. The first kappa shape index (κ1) is 27.5. The number of aryl methyl sites for hydroxylation is 1. The predicted molar refractivity (Wildman–Crippen MR) is 135 cm³/mol. The highest BCUT2D eigenvalue weighted by Gasteiger charge is 2.30. The minimum absolute atomic E-state index is 0.341. The van der Waals surface area contributed by atoms with Crippen LogP contribution in [-0.2, 0) is 20.7 Å². The van der Waals surface area contributed by atoms with Crippen molar-refractivity contribution in [1.82, 2.24) is 20.7 Å². The first-order valence-electron chi connectivity index (χ1n) is 11.3. The Hall–Kier alpha value is -2.72. The number of hydrazine groups is 1. The number of benzene rings is 1. The van der Waals surface area contributed by atoms with Crippen LogP contribution in [0.25, 0.3) is 10.9 Å². The van der Waals surface area contributed by atoms with Crippen molar-refractivity contribution < 1.29 is 19.1 Å². The van der Waals surface area contributed by atoms with E-state index in [1.807, 2.05) is 6.07 Å². The maximum absolute atomic E-state index is 12.2. The molecule has 3 amide bonds. The lowest BCUT2D eigenvalue weighted by Gasteiger charge is -2.34. The third kappa shape index (κ3) is 8.57. The summed E-state index contributed by atoms with van der Waals surface area (Å²) in [5.74, 6) is -0.841. The van der Waals surface area contributed by atoms with Gasteiger partial charge in [-0.15, -0.1) is 0 Å². The minimum Gasteiger partial charge on any atom is -0.444 e. The van der Waals surface area contributed by atoms with Crippen LogP contribution in [0.15, 0.2) is 34.8 Å². The molecule has 0 radical (unpaired) electrons. The van der Waals surface area contributed by atoms with Gasteiger partial charge in [-0.3, -0.25) is 19.6 Å². The van der Waals surface area contributed by atoms with Crippen LogP contribution in [0.2, 0.25) is 0 Å². The number of carbonyl (C=O) groups is 3. The summed E-state index contributed by atoms with van der Waals surface area (Å²) in [6.45, 7) is 9.35. The van der Waals surface area contributed by atoms with Crippen molar-refractivity contribution >= 4 is 44.7 Å². The Labute approximate surface area is 208 Å². The molecule has 2 unspecified atom stereocenters. The molecule has 1 fully saturated rings. The van der Waals surface area contributed by atoms with Gasteiger partial charge in [-0.25, -0.2) is 10.2 Å². The number of ether oxygens (including phenoxy) is 1. The molecule has 34 heavy (non-hydrogen) atoms. The zero-order valence-electron chi connectivity index (χ0n) is 20.4. The second-order valence-electron chi connectivity index (χ2n) is 9.08. The lowest BCUT2D eigenvalue weighted by atomic mass is 10.1. The van der Waals surface area contributed by atoms with Crippen LogP contribution < -0.4 is 16.5 Å². The van der Waals surface area contributed by atoms with E-state index in [1.54, 1.807) is 27.7 Å². The number of hydrogen-bond acceptors (Lipinski definition) is 6. The van der Waals surface area contributed by atoms with Gasteiger partial charge in [0.05, 0.1) is 5.52 Å². The Morgan fingerprint density at radius 1 is 1.29 bits per heavy atom. The average Bonchev–Trinajstić information content (AvgIpc) is 2.77. The van der Waals surface area contributed by atoms with Gasteiger partial charge in [0.2, 0.25) is 5.91 Å². The summed E-state index contributed by atoms with van der Waals surface area (Å²) in [5, 5.41) is 4.98. The minimum atomic E-state index is -0.765. The molecule has 2 atom stereocenters. The van der Waals surface area contributed by atoms with E-state index in [2.05, 4.69) is 62.8 Å². The summed E-state index contributed by atoms with van der Waals surface area (Å²) in [4.78, 5) is 39.5. The Kier molecular flexibility index (Phi) is 9.81. The number of halogens is 1. The lowest BCUT2D eigenvalue weighted by molar-refractivity contribution is -0.140. The molecule has 1 aliphatic heterocycles. The van der Waals surface area contributed by atoms with E-state index >= 15 is 0 Å². The molecule has 1 saturated heterocycles. The Morgan fingerprint density at radius 3 is 2.59 bits per heavy atom. The van der Waals surface area contributed by atoms with Gasteiger partial charge in [0, 0.05) is 22.1 Å². The predicted octanol–water partition coefficient (Wildman–Crippen LogP) is 3.44. The highest BCUT2D eigenvalue weighted by atomic mass is 79.9. The van der Waals surface area contributed by atoms with Gasteiger partial charge in [-0.05, 0) is 65.2 Å². The van der Waals surface area contributed by atoms with Crippen LogP contribution in [0.3, 0.4) is 0 Å². The molecule has 0 spiro atoms. The van der Waals surface area contributed by atoms with Gasteiger partial charge in [-0.2, -0.15) is 0 Å². The molecule has 186 valence electrons. The third-order valence-electron chi connectivity index (χ3n) is 4.97. The standard InChI is InChI=1S/C13H24N4O4.C11H10BrN/c1-8(15-12(20)21-13(2,3)4)11(19)17-7-5-6-9(16-17)10(14)18;1-2-10-6-4-8-3-5-9(12)7-11(8)13-10/h8-9,16H,5-7H2,1-4H3,(H2,14,18)(H,15,20);3-7H,2H2,1H3. The highest BCUT2D eigenvalue weighted by molar-refractivity contribution is 9.10. The number of primary amides is 1. The summed E-state index contributed by atoms with van der Waals surface area (Å²) in [6, 6.07) is 9.04. The van der Waals surface area contributed by atoms with Gasteiger partial charge in [0.1, 0.15) is 17.7 Å². The smallest absolute Gasteiger partial charge is 0.408 e. The van der Waals surface area contributed by atoms with E-state index in [4.69, 9.17) is 10.5 Å². The molecule has 0 bridgehead atoms. The quantitative estimate of drug-likeness (QED) is 0.550. The summed E-state index contributed by atoms with van der Waals surface area (Å²) < 4.78 is 6.17. The fourth-order valence-corrected chi connectivity index (χ4v) is 3.61. The number of rotatable bonds is 4. The lowest BCUT2D eigenvalue weighted by Crippen LogP contribution is -2.60. The fraction of sp³-hybridized carbons (Fsp3) is 0.500. The molecular weight excluding hydrogens is 502 g/mol. The SMILES string of the molecule is CC(NC(=O)OC(C)(C)C)C(=O)N1CCCC(C(N)=O)N1.CCc1ccc2ccc(Br)cc2n1. The molecule has 0 saturated carbocycles. The zero-order valence-corrected chi connectivity index (χ0v) is 21.9. The molecule has 3 rings (SSSR count). The maximum Gasteiger partial charge on any atom is 0.408 e. The second kappa shape index (κ2) is 12.1. The van der Waals surface area contributed by atoms with Gasteiger partial charge in [0.25, 0.3) is 5.91 Å². The number of amides is 3. The van der Waals surface area contributed by atoms with Crippen LogP contribution in [0, 0.1) is 0 Å². The molecule has 0 aliphatic carbocycles. The number of aromatic nitrogens is 1. The summed E-state index contributed by atoms with van der Waals surface area (Å²) in [7, 11) is 0. The molecule has 2 aromatic rings. The van der Waals surface area contributed by atoms with Crippen molar-refractivity contribution in [3.05, 3.63) is 40.5 Å². The van der Waals surface area contributed by atoms with E-state index in [0.29, 0.717) is 19.4 Å². The van der Waals surface area contributed by atoms with E-state index in [-0.39, 0.29) is 5.91 Å². The number of nitrogens with two attached hydrogens (primary N) is 1. The normalized spacial score (nSPS) is 16.8. The number of carbonyl (C=O) groups excluding carboxylic acids is 3. The summed E-state index contributed by atoms with van der Waals surface area (Å²) >= 11 is 3.44. The van der Waals surface area contributed by atoms with Gasteiger partial charge in [0.15, 0.2) is 0 Å².